The van der Waals surface area contributed by atoms with Crippen molar-refractivity contribution in [3.63, 3.8) is 0 Å². The zero-order chi connectivity index (χ0) is 10.5. The third-order valence-electron chi connectivity index (χ3n) is 1.28. The summed E-state index contributed by atoms with van der Waals surface area (Å²) in [6.07, 6.45) is -0.170. The maximum absolute atomic E-state index is 10.8. The molecule has 0 fully saturated rings. The second-order valence-electron chi connectivity index (χ2n) is 2.23. The number of carboxylic acids is 1. The van der Waals surface area contributed by atoms with Crippen LogP contribution in [0.1, 0.15) is 6.42 Å². The largest absolute Gasteiger partial charge is 0.480 e. The summed E-state index contributed by atoms with van der Waals surface area (Å²) in [5, 5.41) is 16.9. The lowest BCUT2D eigenvalue weighted by Gasteiger charge is -2.12. The van der Waals surface area contributed by atoms with Crippen LogP contribution in [-0.2, 0) is 15.0 Å². The van der Waals surface area contributed by atoms with Gasteiger partial charge in [0, 0.05) is 13.7 Å². The van der Waals surface area contributed by atoms with E-state index in [0.717, 1.165) is 7.05 Å². The third-order valence-corrected chi connectivity index (χ3v) is 2.41. The molecule has 7 nitrogen and oxygen atoms in total. The molecule has 0 saturated carbocycles. The molecule has 0 aliphatic heterocycles. The first-order chi connectivity index (χ1) is 5.93. The summed E-state index contributed by atoms with van der Waals surface area (Å²) >= 11 is 0. The van der Waals surface area contributed by atoms with E-state index in [4.69, 9.17) is 10.2 Å². The van der Waals surface area contributed by atoms with Gasteiger partial charge in [-0.05, 0) is 6.42 Å². The summed E-state index contributed by atoms with van der Waals surface area (Å²) in [5.41, 5.74) is 0. The average Bonchev–Trinajstić information content (AvgIpc) is 2.03. The summed E-state index contributed by atoms with van der Waals surface area (Å²) in [5.74, 6) is -1.33. The Morgan fingerprint density at radius 3 is 2.38 bits per heavy atom. The normalized spacial score (nSPS) is 14.0. The lowest BCUT2D eigenvalue weighted by Crippen LogP contribution is -2.45. The van der Waals surface area contributed by atoms with Crippen molar-refractivity contribution in [2.75, 3.05) is 13.7 Å². The van der Waals surface area contributed by atoms with Crippen LogP contribution in [0.4, 0.5) is 0 Å². The van der Waals surface area contributed by atoms with Gasteiger partial charge in [-0.3, -0.25) is 4.79 Å². The summed E-state index contributed by atoms with van der Waals surface area (Å²) in [6.45, 7) is -0.400. The van der Waals surface area contributed by atoms with E-state index in [1.54, 1.807) is 0 Å². The van der Waals surface area contributed by atoms with Gasteiger partial charge in [-0.1, -0.05) is 0 Å². The molecule has 0 heterocycles. The smallest absolute Gasteiger partial charge is 0.321 e. The SMILES string of the molecule is CNS(=O)(=O)N[C@H](CCO)C(=O)O. The van der Waals surface area contributed by atoms with Crippen molar-refractivity contribution in [2.45, 2.75) is 12.5 Å². The van der Waals surface area contributed by atoms with Gasteiger partial charge in [0.1, 0.15) is 6.04 Å². The van der Waals surface area contributed by atoms with Crippen molar-refractivity contribution in [3.05, 3.63) is 0 Å². The van der Waals surface area contributed by atoms with Crippen LogP contribution in [0, 0.1) is 0 Å². The molecule has 0 aromatic heterocycles. The first-order valence-electron chi connectivity index (χ1n) is 3.47. The van der Waals surface area contributed by atoms with Crippen LogP contribution >= 0.6 is 0 Å². The molecular formula is C5H12N2O5S. The predicted molar refractivity (Wildman–Crippen MR) is 44.2 cm³/mol. The van der Waals surface area contributed by atoms with Gasteiger partial charge in [0.05, 0.1) is 0 Å². The maximum atomic E-state index is 10.8. The quantitative estimate of drug-likeness (QED) is 0.401. The number of rotatable bonds is 6. The molecule has 0 spiro atoms. The standard InChI is InChI=1S/C5H12N2O5S/c1-6-13(11,12)7-4(2-3-8)5(9)10/h4,6-8H,2-3H2,1H3,(H,9,10)/t4-/m1/s1. The molecule has 0 rings (SSSR count). The molecule has 0 aromatic carbocycles. The number of carbonyl (C=O) groups is 1. The van der Waals surface area contributed by atoms with Gasteiger partial charge >= 0.3 is 5.97 Å². The number of hydrogen-bond acceptors (Lipinski definition) is 4. The van der Waals surface area contributed by atoms with E-state index in [2.05, 4.69) is 0 Å². The Morgan fingerprint density at radius 2 is 2.08 bits per heavy atom. The lowest BCUT2D eigenvalue weighted by atomic mass is 10.2. The molecule has 4 N–H and O–H groups in total. The fraction of sp³-hybridized carbons (Fsp3) is 0.800. The van der Waals surface area contributed by atoms with Gasteiger partial charge in [-0.15, -0.1) is 0 Å². The molecule has 0 amide bonds. The van der Waals surface area contributed by atoms with Crippen LogP contribution in [0.25, 0.3) is 0 Å². The predicted octanol–water partition coefficient (Wildman–Crippen LogP) is -2.12. The minimum atomic E-state index is -3.78. The minimum absolute atomic E-state index is 0.170. The van der Waals surface area contributed by atoms with Crippen molar-refractivity contribution < 1.29 is 23.4 Å². The first-order valence-corrected chi connectivity index (χ1v) is 4.95. The van der Waals surface area contributed by atoms with Crippen LogP contribution in [0.5, 0.6) is 0 Å². The summed E-state index contributed by atoms with van der Waals surface area (Å²) in [4.78, 5) is 10.4. The van der Waals surface area contributed by atoms with Gasteiger partial charge < -0.3 is 10.2 Å². The molecule has 0 saturated heterocycles. The molecular weight excluding hydrogens is 200 g/mol. The Morgan fingerprint density at radius 1 is 1.54 bits per heavy atom. The Kier molecular flexibility index (Phi) is 4.85. The van der Waals surface area contributed by atoms with Crippen molar-refractivity contribution in [1.82, 2.24) is 9.44 Å². The number of aliphatic hydroxyl groups is 1. The van der Waals surface area contributed by atoms with E-state index in [-0.39, 0.29) is 6.42 Å². The fourth-order valence-corrected chi connectivity index (χ4v) is 1.32. The average molecular weight is 212 g/mol. The molecule has 1 atom stereocenters. The fourth-order valence-electron chi connectivity index (χ4n) is 0.608. The van der Waals surface area contributed by atoms with E-state index in [1.807, 2.05) is 9.44 Å². The van der Waals surface area contributed by atoms with Gasteiger partial charge in [-0.2, -0.15) is 13.1 Å². The van der Waals surface area contributed by atoms with Gasteiger partial charge in [0.2, 0.25) is 0 Å². The summed E-state index contributed by atoms with van der Waals surface area (Å²) in [7, 11) is -2.62. The highest BCUT2D eigenvalue weighted by molar-refractivity contribution is 7.87. The number of aliphatic hydroxyl groups excluding tert-OH is 1. The number of carboxylic acid groups (broad SMARTS) is 1. The molecule has 13 heavy (non-hydrogen) atoms. The lowest BCUT2D eigenvalue weighted by molar-refractivity contribution is -0.139. The summed E-state index contributed by atoms with van der Waals surface area (Å²) < 4.78 is 25.4. The van der Waals surface area contributed by atoms with Crippen LogP contribution in [0.15, 0.2) is 0 Å². The second kappa shape index (κ2) is 5.12. The van der Waals surface area contributed by atoms with Crippen molar-refractivity contribution in [3.8, 4) is 0 Å². The zero-order valence-electron chi connectivity index (χ0n) is 7.02. The van der Waals surface area contributed by atoms with Gasteiger partial charge in [0.25, 0.3) is 10.2 Å². The summed E-state index contributed by atoms with van der Waals surface area (Å²) in [6, 6.07) is -1.30. The van der Waals surface area contributed by atoms with Crippen molar-refractivity contribution in [2.24, 2.45) is 0 Å². The highest BCUT2D eigenvalue weighted by Crippen LogP contribution is 1.93. The van der Waals surface area contributed by atoms with Crippen LogP contribution < -0.4 is 9.44 Å². The number of nitrogens with one attached hydrogen (secondary N) is 2. The van der Waals surface area contributed by atoms with E-state index in [0.29, 0.717) is 0 Å². The molecule has 78 valence electrons. The maximum Gasteiger partial charge on any atom is 0.321 e. The number of hydrogen-bond donors (Lipinski definition) is 4. The minimum Gasteiger partial charge on any atom is -0.480 e. The monoisotopic (exact) mass is 212 g/mol. The Labute approximate surface area is 75.9 Å². The molecule has 8 heteroatoms. The van der Waals surface area contributed by atoms with E-state index in [1.165, 1.54) is 0 Å². The van der Waals surface area contributed by atoms with E-state index in [9.17, 15) is 13.2 Å². The van der Waals surface area contributed by atoms with Crippen LogP contribution in [-0.4, -0.2) is 44.3 Å². The Bertz CT molecular complexity index is 262. The second-order valence-corrected chi connectivity index (χ2v) is 3.88. The molecule has 0 unspecified atom stereocenters. The number of aliphatic carboxylic acids is 1. The van der Waals surface area contributed by atoms with Crippen molar-refractivity contribution >= 4 is 16.2 Å². The van der Waals surface area contributed by atoms with Gasteiger partial charge in [-0.25, -0.2) is 4.72 Å². The van der Waals surface area contributed by atoms with Gasteiger partial charge in [0.15, 0.2) is 0 Å². The highest BCUT2D eigenvalue weighted by Gasteiger charge is 2.21. The molecule has 0 aliphatic carbocycles. The molecule has 0 aliphatic rings. The van der Waals surface area contributed by atoms with Crippen LogP contribution in [0.3, 0.4) is 0 Å². The first kappa shape index (κ1) is 12.3. The third kappa shape index (κ3) is 4.78. The zero-order valence-corrected chi connectivity index (χ0v) is 7.84. The van der Waals surface area contributed by atoms with E-state index >= 15 is 0 Å². The van der Waals surface area contributed by atoms with Crippen molar-refractivity contribution in [1.29, 1.82) is 0 Å². The molecule has 0 bridgehead atoms. The molecule has 0 radical (unpaired) electrons. The Balaban J connectivity index is 4.35. The van der Waals surface area contributed by atoms with E-state index < -0.39 is 28.8 Å². The Hall–Kier alpha value is -0.700. The molecule has 0 aromatic rings. The van der Waals surface area contributed by atoms with Crippen LogP contribution in [0.2, 0.25) is 0 Å². The topological polar surface area (TPSA) is 116 Å². The highest BCUT2D eigenvalue weighted by atomic mass is 32.2.